The summed E-state index contributed by atoms with van der Waals surface area (Å²) in [6.07, 6.45) is 11.4. The summed E-state index contributed by atoms with van der Waals surface area (Å²) in [7, 11) is 0. The summed E-state index contributed by atoms with van der Waals surface area (Å²) in [5, 5.41) is 10.7. The number of carbonyl (C=O) groups is 2. The van der Waals surface area contributed by atoms with E-state index in [1.807, 2.05) is 0 Å². The zero-order chi connectivity index (χ0) is 19.2. The van der Waals surface area contributed by atoms with Gasteiger partial charge in [-0.3, -0.25) is 4.79 Å². The molecule has 0 spiro atoms. The van der Waals surface area contributed by atoms with Crippen LogP contribution in [0.15, 0.2) is 6.07 Å². The standard InChI is InChI=1S/C23H30O4/c1-14-20(15(2)24)19(25)13-18-21(14)22(26)27-23(18,16-9-5-3-6-10-16)17-11-7-4-8-12-17/h13,16-17,25H,3-12H2,1-2H3. The zero-order valence-corrected chi connectivity index (χ0v) is 16.5. The molecule has 1 aromatic rings. The molecular formula is C23H30O4. The third-order valence-electron chi connectivity index (χ3n) is 7.22. The van der Waals surface area contributed by atoms with E-state index in [-0.39, 0.29) is 23.1 Å². The third kappa shape index (κ3) is 2.79. The van der Waals surface area contributed by atoms with Gasteiger partial charge in [-0.05, 0) is 51.2 Å². The highest BCUT2D eigenvalue weighted by Crippen LogP contribution is 2.56. The lowest BCUT2D eigenvalue weighted by Gasteiger charge is -2.46. The van der Waals surface area contributed by atoms with E-state index in [2.05, 4.69) is 0 Å². The molecule has 3 aliphatic rings. The second-order valence-electron chi connectivity index (χ2n) is 8.73. The molecule has 1 N–H and O–H groups in total. The summed E-state index contributed by atoms with van der Waals surface area (Å²) in [5.74, 6) is 0.0886. The fourth-order valence-electron chi connectivity index (χ4n) is 6.08. The Bertz CT molecular complexity index is 749. The minimum atomic E-state index is -0.620. The minimum Gasteiger partial charge on any atom is -0.507 e. The number of aromatic hydroxyl groups is 1. The maximum atomic E-state index is 13.1. The van der Waals surface area contributed by atoms with Crippen LogP contribution in [-0.4, -0.2) is 16.9 Å². The number of ketones is 1. The van der Waals surface area contributed by atoms with Gasteiger partial charge < -0.3 is 9.84 Å². The van der Waals surface area contributed by atoms with Crippen LogP contribution >= 0.6 is 0 Å². The quantitative estimate of drug-likeness (QED) is 0.569. The van der Waals surface area contributed by atoms with Crippen LogP contribution < -0.4 is 0 Å². The van der Waals surface area contributed by atoms with Gasteiger partial charge in [0.15, 0.2) is 5.78 Å². The summed E-state index contributed by atoms with van der Waals surface area (Å²) in [6, 6.07) is 1.69. The number of esters is 1. The second-order valence-corrected chi connectivity index (χ2v) is 8.73. The van der Waals surface area contributed by atoms with Gasteiger partial charge in [-0.15, -0.1) is 0 Å². The Kier molecular flexibility index (Phi) is 4.77. The van der Waals surface area contributed by atoms with Gasteiger partial charge in [0.2, 0.25) is 0 Å². The Morgan fingerprint density at radius 3 is 2.04 bits per heavy atom. The number of fused-ring (bicyclic) bond motifs is 1. The van der Waals surface area contributed by atoms with Crippen molar-refractivity contribution in [1.29, 1.82) is 0 Å². The lowest BCUT2D eigenvalue weighted by Crippen LogP contribution is -2.44. The van der Waals surface area contributed by atoms with E-state index in [4.69, 9.17) is 4.74 Å². The molecule has 1 aromatic carbocycles. The minimum absolute atomic E-state index is 0.00644. The molecule has 0 atom stereocenters. The van der Waals surface area contributed by atoms with Crippen molar-refractivity contribution >= 4 is 11.8 Å². The highest BCUT2D eigenvalue weighted by Gasteiger charge is 2.56. The molecule has 0 radical (unpaired) electrons. The molecule has 27 heavy (non-hydrogen) atoms. The normalized spacial score (nSPS) is 23.1. The predicted molar refractivity (Wildman–Crippen MR) is 103 cm³/mol. The molecule has 4 heteroatoms. The zero-order valence-electron chi connectivity index (χ0n) is 16.5. The van der Waals surface area contributed by atoms with E-state index in [0.717, 1.165) is 31.2 Å². The van der Waals surface area contributed by atoms with Crippen molar-refractivity contribution in [2.45, 2.75) is 83.7 Å². The van der Waals surface area contributed by atoms with Crippen molar-refractivity contribution in [2.75, 3.05) is 0 Å². The highest BCUT2D eigenvalue weighted by atomic mass is 16.6. The molecule has 4 rings (SSSR count). The van der Waals surface area contributed by atoms with Crippen molar-refractivity contribution < 1.29 is 19.4 Å². The average molecular weight is 370 g/mol. The molecule has 2 saturated carbocycles. The van der Waals surface area contributed by atoms with Gasteiger partial charge in [-0.25, -0.2) is 4.79 Å². The smallest absolute Gasteiger partial charge is 0.339 e. The Balaban J connectivity index is 1.92. The van der Waals surface area contributed by atoms with Crippen LogP contribution in [-0.2, 0) is 10.3 Å². The maximum Gasteiger partial charge on any atom is 0.339 e. The first-order chi connectivity index (χ1) is 13.0. The molecule has 2 aliphatic carbocycles. The predicted octanol–water partition coefficient (Wildman–Crippen LogP) is 5.43. The van der Waals surface area contributed by atoms with Crippen LogP contribution in [0.2, 0.25) is 0 Å². The summed E-state index contributed by atoms with van der Waals surface area (Å²) in [5.41, 5.74) is 1.61. The number of phenols is 1. The maximum absolute atomic E-state index is 13.1. The number of hydrogen-bond donors (Lipinski definition) is 1. The second kappa shape index (κ2) is 6.96. The van der Waals surface area contributed by atoms with Gasteiger partial charge in [0.05, 0.1) is 11.1 Å². The molecule has 0 unspecified atom stereocenters. The fraction of sp³-hybridized carbons (Fsp3) is 0.652. The molecule has 0 amide bonds. The van der Waals surface area contributed by atoms with Gasteiger partial charge >= 0.3 is 5.97 Å². The average Bonchev–Trinajstić information content (AvgIpc) is 2.96. The van der Waals surface area contributed by atoms with Gasteiger partial charge in [0.1, 0.15) is 11.4 Å². The topological polar surface area (TPSA) is 63.6 Å². The fourth-order valence-corrected chi connectivity index (χ4v) is 6.08. The monoisotopic (exact) mass is 370 g/mol. The van der Waals surface area contributed by atoms with E-state index in [1.54, 1.807) is 13.0 Å². The highest BCUT2D eigenvalue weighted by molar-refractivity contribution is 6.04. The van der Waals surface area contributed by atoms with Gasteiger partial charge in [-0.1, -0.05) is 38.5 Å². The molecule has 2 fully saturated rings. The number of benzene rings is 1. The number of rotatable bonds is 3. The lowest BCUT2D eigenvalue weighted by molar-refractivity contribution is -0.100. The Hall–Kier alpha value is -1.84. The number of cyclic esters (lactones) is 1. The van der Waals surface area contributed by atoms with Crippen LogP contribution in [0.3, 0.4) is 0 Å². The van der Waals surface area contributed by atoms with Crippen molar-refractivity contribution in [3.63, 3.8) is 0 Å². The molecule has 1 aliphatic heterocycles. The van der Waals surface area contributed by atoms with Crippen LogP contribution in [0.25, 0.3) is 0 Å². The van der Waals surface area contributed by atoms with Crippen molar-refractivity contribution in [3.8, 4) is 5.75 Å². The van der Waals surface area contributed by atoms with Crippen LogP contribution in [0, 0.1) is 18.8 Å². The Morgan fingerprint density at radius 2 is 1.56 bits per heavy atom. The van der Waals surface area contributed by atoms with E-state index in [9.17, 15) is 14.7 Å². The Morgan fingerprint density at radius 1 is 1.04 bits per heavy atom. The lowest BCUT2D eigenvalue weighted by atomic mass is 9.63. The molecule has 0 aromatic heterocycles. The van der Waals surface area contributed by atoms with Crippen molar-refractivity contribution in [3.05, 3.63) is 28.3 Å². The van der Waals surface area contributed by atoms with E-state index in [0.29, 0.717) is 23.0 Å². The first-order valence-electron chi connectivity index (χ1n) is 10.6. The van der Waals surface area contributed by atoms with Gasteiger partial charge in [0, 0.05) is 17.4 Å². The number of ether oxygens (including phenoxy) is 1. The first kappa shape index (κ1) is 18.5. The van der Waals surface area contributed by atoms with Crippen LogP contribution in [0.4, 0.5) is 0 Å². The number of hydrogen-bond acceptors (Lipinski definition) is 4. The summed E-state index contributed by atoms with van der Waals surface area (Å²) in [4.78, 5) is 25.1. The molecular weight excluding hydrogens is 340 g/mol. The van der Waals surface area contributed by atoms with Crippen molar-refractivity contribution in [2.24, 2.45) is 11.8 Å². The van der Waals surface area contributed by atoms with E-state index >= 15 is 0 Å². The third-order valence-corrected chi connectivity index (χ3v) is 7.22. The first-order valence-corrected chi connectivity index (χ1v) is 10.6. The summed E-state index contributed by atoms with van der Waals surface area (Å²) < 4.78 is 6.31. The van der Waals surface area contributed by atoms with Gasteiger partial charge in [-0.2, -0.15) is 0 Å². The molecule has 0 bridgehead atoms. The van der Waals surface area contributed by atoms with E-state index < -0.39 is 5.60 Å². The van der Waals surface area contributed by atoms with Gasteiger partial charge in [0.25, 0.3) is 0 Å². The largest absolute Gasteiger partial charge is 0.507 e. The molecule has 4 nitrogen and oxygen atoms in total. The SMILES string of the molecule is CC(=O)c1c(O)cc2c(c1C)C(=O)OC2(C1CCCCC1)C1CCCCC1. The molecule has 0 saturated heterocycles. The summed E-state index contributed by atoms with van der Waals surface area (Å²) in [6.45, 7) is 3.21. The van der Waals surface area contributed by atoms with Crippen molar-refractivity contribution in [1.82, 2.24) is 0 Å². The van der Waals surface area contributed by atoms with Crippen LogP contribution in [0.1, 0.15) is 103 Å². The number of carbonyl (C=O) groups excluding carboxylic acids is 2. The molecule has 146 valence electrons. The number of Topliss-reactive ketones (excluding diaryl/α,β-unsaturated/α-hetero) is 1. The van der Waals surface area contributed by atoms with Crippen LogP contribution in [0.5, 0.6) is 5.75 Å². The molecule has 1 heterocycles. The summed E-state index contributed by atoms with van der Waals surface area (Å²) >= 11 is 0. The van der Waals surface area contributed by atoms with E-state index in [1.165, 1.54) is 45.4 Å². The number of phenolic OH excluding ortho intramolecular Hbond substituents is 1. The Labute approximate surface area is 161 Å².